The predicted molar refractivity (Wildman–Crippen MR) is 119 cm³/mol. The number of ether oxygens (including phenoxy) is 2. The lowest BCUT2D eigenvalue weighted by Crippen LogP contribution is -2.17. The van der Waals surface area contributed by atoms with E-state index in [0.29, 0.717) is 47.4 Å². The van der Waals surface area contributed by atoms with Gasteiger partial charge in [0.05, 0.1) is 24.8 Å². The standard InChI is InChI=1S/C24H22FN5O3/c1-24(2,31)20-6-3-13(8-26-20)15-7-19-23(30-12-28-29-22(15)30)27-9-16-17(25)4-5-18-21(16)14(10-32-18)11-33-19/h3-8,12,14,27,31H,9-11H2,1-2H3/t14-/m0/s1. The highest BCUT2D eigenvalue weighted by Crippen LogP contribution is 2.41. The van der Waals surface area contributed by atoms with Gasteiger partial charge in [0.1, 0.15) is 23.5 Å². The predicted octanol–water partition coefficient (Wildman–Crippen LogP) is 3.64. The van der Waals surface area contributed by atoms with E-state index in [9.17, 15) is 9.50 Å². The van der Waals surface area contributed by atoms with Gasteiger partial charge in [0.2, 0.25) is 0 Å². The minimum absolute atomic E-state index is 0.0637. The van der Waals surface area contributed by atoms with Crippen molar-refractivity contribution in [3.05, 3.63) is 65.5 Å². The van der Waals surface area contributed by atoms with Crippen molar-refractivity contribution < 1.29 is 19.0 Å². The first-order valence-electron chi connectivity index (χ1n) is 10.8. The summed E-state index contributed by atoms with van der Waals surface area (Å²) in [7, 11) is 0. The molecule has 1 aromatic carbocycles. The number of anilines is 1. The lowest BCUT2D eigenvalue weighted by Gasteiger charge is -2.18. The van der Waals surface area contributed by atoms with E-state index in [0.717, 1.165) is 16.7 Å². The molecule has 0 unspecified atom stereocenters. The molecule has 0 amide bonds. The Labute approximate surface area is 189 Å². The molecule has 6 rings (SSSR count). The van der Waals surface area contributed by atoms with Crippen molar-refractivity contribution in [3.8, 4) is 22.6 Å². The molecule has 0 spiro atoms. The number of hydrogen-bond acceptors (Lipinski definition) is 7. The number of pyridine rings is 2. The molecule has 2 aliphatic rings. The zero-order valence-electron chi connectivity index (χ0n) is 18.2. The second-order valence-corrected chi connectivity index (χ2v) is 8.90. The Morgan fingerprint density at radius 2 is 1.97 bits per heavy atom. The van der Waals surface area contributed by atoms with Gasteiger partial charge in [0.15, 0.2) is 17.2 Å². The number of hydrogen-bond donors (Lipinski definition) is 2. The van der Waals surface area contributed by atoms with E-state index in [1.54, 1.807) is 42.9 Å². The third kappa shape index (κ3) is 3.19. The fraction of sp³-hybridized carbons (Fsp3) is 0.292. The van der Waals surface area contributed by atoms with Gasteiger partial charge in [-0.3, -0.25) is 9.38 Å². The number of nitrogens with one attached hydrogen (secondary N) is 1. The fourth-order valence-corrected chi connectivity index (χ4v) is 4.51. The van der Waals surface area contributed by atoms with Crippen LogP contribution in [-0.2, 0) is 12.1 Å². The number of benzene rings is 1. The van der Waals surface area contributed by atoms with E-state index in [2.05, 4.69) is 20.5 Å². The molecule has 0 aliphatic carbocycles. The van der Waals surface area contributed by atoms with Crippen LogP contribution in [0.4, 0.5) is 10.2 Å². The van der Waals surface area contributed by atoms with Crippen molar-refractivity contribution in [3.63, 3.8) is 0 Å². The van der Waals surface area contributed by atoms with Crippen LogP contribution in [0.1, 0.15) is 36.6 Å². The Morgan fingerprint density at radius 3 is 2.73 bits per heavy atom. The number of aliphatic hydroxyl groups is 1. The molecule has 2 N–H and O–H groups in total. The molecule has 168 valence electrons. The maximum atomic E-state index is 14.7. The molecule has 8 nitrogen and oxygen atoms in total. The summed E-state index contributed by atoms with van der Waals surface area (Å²) in [5.74, 6) is 1.63. The van der Waals surface area contributed by atoms with Crippen molar-refractivity contribution in [2.75, 3.05) is 18.5 Å². The second kappa shape index (κ2) is 7.14. The molecule has 3 aromatic heterocycles. The topological polar surface area (TPSA) is 93.8 Å². The third-order valence-electron chi connectivity index (χ3n) is 6.22. The summed E-state index contributed by atoms with van der Waals surface area (Å²) in [6.45, 7) is 4.46. The first-order chi connectivity index (χ1) is 15.9. The van der Waals surface area contributed by atoms with E-state index in [-0.39, 0.29) is 18.3 Å². The van der Waals surface area contributed by atoms with Crippen LogP contribution in [0.3, 0.4) is 0 Å². The molecule has 1 atom stereocenters. The molecule has 0 fully saturated rings. The van der Waals surface area contributed by atoms with Crippen LogP contribution in [0.2, 0.25) is 0 Å². The maximum Gasteiger partial charge on any atom is 0.170 e. The molecule has 0 saturated carbocycles. The van der Waals surface area contributed by atoms with Crippen molar-refractivity contribution >= 4 is 11.5 Å². The molecule has 0 radical (unpaired) electrons. The first-order valence-corrected chi connectivity index (χ1v) is 10.8. The molecular formula is C24H22FN5O3. The van der Waals surface area contributed by atoms with Gasteiger partial charge >= 0.3 is 0 Å². The van der Waals surface area contributed by atoms with Gasteiger partial charge in [0.25, 0.3) is 0 Å². The smallest absolute Gasteiger partial charge is 0.170 e. The van der Waals surface area contributed by atoms with Crippen LogP contribution in [-0.4, -0.2) is 37.9 Å². The Kier molecular flexibility index (Phi) is 4.31. The van der Waals surface area contributed by atoms with Crippen LogP contribution in [0, 0.1) is 5.82 Å². The summed E-state index contributed by atoms with van der Waals surface area (Å²) in [4.78, 5) is 4.43. The summed E-state index contributed by atoms with van der Waals surface area (Å²) < 4.78 is 28.6. The van der Waals surface area contributed by atoms with E-state index >= 15 is 0 Å². The largest absolute Gasteiger partial charge is 0.493 e. The van der Waals surface area contributed by atoms with Crippen molar-refractivity contribution in [2.24, 2.45) is 0 Å². The average Bonchev–Trinajstić information content (AvgIpc) is 3.44. The maximum absolute atomic E-state index is 14.7. The third-order valence-corrected chi connectivity index (χ3v) is 6.22. The van der Waals surface area contributed by atoms with Crippen molar-refractivity contribution in [1.82, 2.24) is 19.6 Å². The Morgan fingerprint density at radius 1 is 1.15 bits per heavy atom. The highest BCUT2D eigenvalue weighted by atomic mass is 19.1. The Bertz CT molecular complexity index is 1380. The summed E-state index contributed by atoms with van der Waals surface area (Å²) >= 11 is 0. The number of nitrogens with zero attached hydrogens (tertiary/aromatic N) is 4. The van der Waals surface area contributed by atoms with Crippen LogP contribution < -0.4 is 14.8 Å². The Hall–Kier alpha value is -3.72. The summed E-state index contributed by atoms with van der Waals surface area (Å²) in [5.41, 5.74) is 3.20. The van der Waals surface area contributed by atoms with Crippen LogP contribution >= 0.6 is 0 Å². The van der Waals surface area contributed by atoms with E-state index in [1.807, 2.05) is 12.1 Å². The molecule has 33 heavy (non-hydrogen) atoms. The van der Waals surface area contributed by atoms with Crippen LogP contribution in [0.5, 0.6) is 11.5 Å². The van der Waals surface area contributed by atoms with Gasteiger partial charge in [0, 0.05) is 35.0 Å². The van der Waals surface area contributed by atoms with Crippen LogP contribution in [0.25, 0.3) is 16.8 Å². The van der Waals surface area contributed by atoms with Gasteiger partial charge in [-0.1, -0.05) is 6.07 Å². The zero-order chi connectivity index (χ0) is 22.7. The second-order valence-electron chi connectivity index (χ2n) is 8.90. The molecule has 9 heteroatoms. The highest BCUT2D eigenvalue weighted by molar-refractivity contribution is 5.81. The van der Waals surface area contributed by atoms with Gasteiger partial charge < -0.3 is 19.9 Å². The number of aromatic nitrogens is 4. The van der Waals surface area contributed by atoms with Crippen molar-refractivity contribution in [1.29, 1.82) is 0 Å². The fourth-order valence-electron chi connectivity index (χ4n) is 4.51. The SMILES string of the molecule is CC(C)(O)c1ccc(-c2cc3c(n4cnnc24)NCc2c(F)ccc4c2[C@@H](CO4)CO3)cn1. The summed E-state index contributed by atoms with van der Waals surface area (Å²) in [6, 6.07) is 8.71. The summed E-state index contributed by atoms with van der Waals surface area (Å²) in [6.07, 6.45) is 3.30. The lowest BCUT2D eigenvalue weighted by atomic mass is 9.96. The normalized spacial score (nSPS) is 17.2. The molecule has 5 heterocycles. The monoisotopic (exact) mass is 447 g/mol. The Balaban J connectivity index is 1.46. The van der Waals surface area contributed by atoms with E-state index in [4.69, 9.17) is 9.47 Å². The van der Waals surface area contributed by atoms with Gasteiger partial charge in [-0.05, 0) is 38.1 Å². The molecule has 0 bridgehead atoms. The van der Waals surface area contributed by atoms with Gasteiger partial charge in [-0.2, -0.15) is 0 Å². The van der Waals surface area contributed by atoms with Gasteiger partial charge in [-0.25, -0.2) is 4.39 Å². The van der Waals surface area contributed by atoms with E-state index < -0.39 is 5.60 Å². The van der Waals surface area contributed by atoms with Gasteiger partial charge in [-0.15, -0.1) is 10.2 Å². The average molecular weight is 447 g/mol. The van der Waals surface area contributed by atoms with Crippen LogP contribution in [0.15, 0.2) is 42.9 Å². The molecule has 0 saturated heterocycles. The minimum Gasteiger partial charge on any atom is -0.493 e. The summed E-state index contributed by atoms with van der Waals surface area (Å²) in [5, 5.41) is 21.9. The first kappa shape index (κ1) is 19.9. The quantitative estimate of drug-likeness (QED) is 0.485. The lowest BCUT2D eigenvalue weighted by molar-refractivity contribution is 0.0739. The van der Waals surface area contributed by atoms with E-state index in [1.165, 1.54) is 6.07 Å². The number of fused-ring (bicyclic) bond motifs is 3. The molecule has 4 aromatic rings. The molecular weight excluding hydrogens is 425 g/mol. The molecule has 2 aliphatic heterocycles. The highest BCUT2D eigenvalue weighted by Gasteiger charge is 2.31. The number of halogens is 1. The minimum atomic E-state index is -1.04. The number of rotatable bonds is 2. The zero-order valence-corrected chi connectivity index (χ0v) is 18.2. The van der Waals surface area contributed by atoms with Crippen molar-refractivity contribution in [2.45, 2.75) is 31.9 Å².